The lowest BCUT2D eigenvalue weighted by Crippen LogP contribution is -2.31. The highest BCUT2D eigenvalue weighted by Gasteiger charge is 2.22. The average Bonchev–Trinajstić information content (AvgIpc) is 2.71. The number of halogens is 2. The molecule has 1 heterocycles. The molecule has 1 aliphatic heterocycles. The van der Waals surface area contributed by atoms with E-state index < -0.39 is 0 Å². The molecule has 1 aliphatic rings. The van der Waals surface area contributed by atoms with E-state index in [0.29, 0.717) is 10.6 Å². The summed E-state index contributed by atoms with van der Waals surface area (Å²) < 4.78 is 0.803. The van der Waals surface area contributed by atoms with Crippen molar-refractivity contribution in [2.75, 3.05) is 11.4 Å². The van der Waals surface area contributed by atoms with Crippen molar-refractivity contribution in [1.82, 2.24) is 0 Å². The number of nitrogens with zero attached hydrogens (tertiary/aromatic N) is 1. The number of rotatable bonds is 1. The first-order chi connectivity index (χ1) is 10.2. The summed E-state index contributed by atoms with van der Waals surface area (Å²) in [6.45, 7) is 0.754. The zero-order chi connectivity index (χ0) is 14.8. The summed E-state index contributed by atoms with van der Waals surface area (Å²) in [4.78, 5) is 14.7. The number of fused-ring (bicyclic) bond motifs is 1. The summed E-state index contributed by atoms with van der Waals surface area (Å²) in [6, 6.07) is 13.5. The van der Waals surface area contributed by atoms with Crippen molar-refractivity contribution in [1.29, 1.82) is 0 Å². The lowest BCUT2D eigenvalue weighted by atomic mass is 10.1. The number of para-hydroxylation sites is 1. The van der Waals surface area contributed by atoms with E-state index in [-0.39, 0.29) is 5.91 Å². The maximum absolute atomic E-state index is 12.8. The van der Waals surface area contributed by atoms with Gasteiger partial charge in [0.15, 0.2) is 0 Å². The Morgan fingerprint density at radius 1 is 1.14 bits per heavy atom. The number of carbonyl (C=O) groups excluding carboxylic acids is 1. The van der Waals surface area contributed by atoms with Crippen molar-refractivity contribution in [3.05, 3.63) is 63.1 Å². The summed E-state index contributed by atoms with van der Waals surface area (Å²) in [5.41, 5.74) is 2.89. The molecule has 0 saturated heterocycles. The Labute approximate surface area is 137 Å². The largest absolute Gasteiger partial charge is 0.308 e. The molecule has 108 valence electrons. The quantitative estimate of drug-likeness (QED) is 0.690. The summed E-state index contributed by atoms with van der Waals surface area (Å²) in [7, 11) is 0. The van der Waals surface area contributed by atoms with Crippen LogP contribution in [0.2, 0.25) is 5.02 Å². The van der Waals surface area contributed by atoms with E-state index >= 15 is 0 Å². The van der Waals surface area contributed by atoms with Crippen LogP contribution in [-0.4, -0.2) is 12.5 Å². The molecular weight excluding hydrogens is 350 g/mol. The molecule has 4 heteroatoms. The molecule has 0 N–H and O–H groups in total. The van der Waals surface area contributed by atoms with Gasteiger partial charge in [-0.25, -0.2) is 0 Å². The molecule has 0 aliphatic carbocycles. The molecule has 0 unspecified atom stereocenters. The Morgan fingerprint density at radius 3 is 2.76 bits per heavy atom. The van der Waals surface area contributed by atoms with Gasteiger partial charge in [-0.15, -0.1) is 0 Å². The molecule has 1 amide bonds. The van der Waals surface area contributed by atoms with Gasteiger partial charge in [0, 0.05) is 22.3 Å². The third-order valence-electron chi connectivity index (χ3n) is 3.77. The molecule has 0 fully saturated rings. The van der Waals surface area contributed by atoms with E-state index in [9.17, 15) is 4.79 Å². The fourth-order valence-electron chi connectivity index (χ4n) is 2.69. The van der Waals surface area contributed by atoms with E-state index in [1.165, 1.54) is 5.56 Å². The summed E-state index contributed by atoms with van der Waals surface area (Å²) in [5, 5.41) is 0.559. The van der Waals surface area contributed by atoms with Crippen molar-refractivity contribution in [3.8, 4) is 0 Å². The molecule has 0 atom stereocenters. The van der Waals surface area contributed by atoms with Gasteiger partial charge in [0.1, 0.15) is 0 Å². The Hall–Kier alpha value is -1.32. The lowest BCUT2D eigenvalue weighted by Gasteiger charge is -2.23. The van der Waals surface area contributed by atoms with Crippen molar-refractivity contribution in [2.45, 2.75) is 19.3 Å². The standard InChI is InChI=1S/C17H15BrClNO/c18-14-9-8-13(11-15(14)19)17(21)20-10-4-3-6-12-5-1-2-7-16(12)20/h1-2,5,7-9,11H,3-4,6,10H2. The molecule has 21 heavy (non-hydrogen) atoms. The third kappa shape index (κ3) is 2.99. The number of aryl methyl sites for hydroxylation is 1. The molecule has 3 rings (SSSR count). The molecule has 0 saturated carbocycles. The van der Waals surface area contributed by atoms with Gasteiger partial charge >= 0.3 is 0 Å². The minimum atomic E-state index is 0.0127. The molecule has 0 spiro atoms. The second kappa shape index (κ2) is 6.20. The van der Waals surface area contributed by atoms with Crippen molar-refractivity contribution in [3.63, 3.8) is 0 Å². The second-order valence-electron chi connectivity index (χ2n) is 5.17. The molecule has 2 aromatic rings. The predicted molar refractivity (Wildman–Crippen MR) is 90.2 cm³/mol. The number of amides is 1. The van der Waals surface area contributed by atoms with Gasteiger partial charge in [0.2, 0.25) is 0 Å². The zero-order valence-electron chi connectivity index (χ0n) is 11.5. The third-order valence-corrected chi connectivity index (χ3v) is 5.00. The van der Waals surface area contributed by atoms with Crippen LogP contribution < -0.4 is 4.90 Å². The molecule has 2 aromatic carbocycles. The number of benzene rings is 2. The second-order valence-corrected chi connectivity index (χ2v) is 6.43. The molecule has 2 nitrogen and oxygen atoms in total. The lowest BCUT2D eigenvalue weighted by molar-refractivity contribution is 0.0987. The van der Waals surface area contributed by atoms with Crippen LogP contribution >= 0.6 is 27.5 Å². The maximum atomic E-state index is 12.8. The Balaban J connectivity index is 1.99. The normalized spacial score (nSPS) is 14.5. The first-order valence-electron chi connectivity index (χ1n) is 7.01. The minimum absolute atomic E-state index is 0.0127. The highest BCUT2D eigenvalue weighted by molar-refractivity contribution is 9.10. The number of carbonyl (C=O) groups is 1. The molecule has 0 radical (unpaired) electrons. The van der Waals surface area contributed by atoms with Crippen LogP contribution in [0.1, 0.15) is 28.8 Å². The van der Waals surface area contributed by atoms with Crippen LogP contribution in [0, 0.1) is 0 Å². The fourth-order valence-corrected chi connectivity index (χ4v) is 3.11. The zero-order valence-corrected chi connectivity index (χ0v) is 13.8. The van der Waals surface area contributed by atoms with E-state index in [1.54, 1.807) is 6.07 Å². The van der Waals surface area contributed by atoms with E-state index in [4.69, 9.17) is 11.6 Å². The summed E-state index contributed by atoms with van der Waals surface area (Å²) in [5.74, 6) is 0.0127. The minimum Gasteiger partial charge on any atom is -0.308 e. The topological polar surface area (TPSA) is 20.3 Å². The van der Waals surface area contributed by atoms with Crippen molar-refractivity contribution >= 4 is 39.1 Å². The molecular formula is C17H15BrClNO. The van der Waals surface area contributed by atoms with Crippen LogP contribution in [-0.2, 0) is 6.42 Å². The van der Waals surface area contributed by atoms with Gasteiger partial charge in [-0.3, -0.25) is 4.79 Å². The Morgan fingerprint density at radius 2 is 1.95 bits per heavy atom. The average molecular weight is 365 g/mol. The first kappa shape index (κ1) is 14.6. The van der Waals surface area contributed by atoms with Gasteiger partial charge < -0.3 is 4.90 Å². The predicted octanol–water partition coefficient (Wildman–Crippen LogP) is 5.09. The van der Waals surface area contributed by atoms with Crippen molar-refractivity contribution in [2.24, 2.45) is 0 Å². The first-order valence-corrected chi connectivity index (χ1v) is 8.19. The van der Waals surface area contributed by atoms with Crippen LogP contribution in [0.4, 0.5) is 5.69 Å². The van der Waals surface area contributed by atoms with E-state index in [1.807, 2.05) is 35.2 Å². The number of anilines is 1. The van der Waals surface area contributed by atoms with E-state index in [2.05, 4.69) is 22.0 Å². The smallest absolute Gasteiger partial charge is 0.258 e. The van der Waals surface area contributed by atoms with Gasteiger partial charge in [-0.05, 0) is 65.0 Å². The monoisotopic (exact) mass is 363 g/mol. The summed E-state index contributed by atoms with van der Waals surface area (Å²) >= 11 is 9.47. The van der Waals surface area contributed by atoms with Gasteiger partial charge in [-0.1, -0.05) is 29.8 Å². The fraction of sp³-hybridized carbons (Fsp3) is 0.235. The van der Waals surface area contributed by atoms with Crippen LogP contribution in [0.5, 0.6) is 0 Å². The highest BCUT2D eigenvalue weighted by Crippen LogP contribution is 2.29. The SMILES string of the molecule is O=C(c1ccc(Br)c(Cl)c1)N1CCCCc2ccccc21. The van der Waals surface area contributed by atoms with Crippen LogP contribution in [0.25, 0.3) is 0 Å². The van der Waals surface area contributed by atoms with Crippen LogP contribution in [0.3, 0.4) is 0 Å². The number of hydrogen-bond donors (Lipinski definition) is 0. The maximum Gasteiger partial charge on any atom is 0.258 e. The van der Waals surface area contributed by atoms with Gasteiger partial charge in [0.05, 0.1) is 5.02 Å². The summed E-state index contributed by atoms with van der Waals surface area (Å²) in [6.07, 6.45) is 3.16. The number of hydrogen-bond acceptors (Lipinski definition) is 1. The molecule has 0 aromatic heterocycles. The van der Waals surface area contributed by atoms with Crippen LogP contribution in [0.15, 0.2) is 46.9 Å². The van der Waals surface area contributed by atoms with Crippen molar-refractivity contribution < 1.29 is 4.79 Å². The Bertz CT molecular complexity index is 686. The van der Waals surface area contributed by atoms with Gasteiger partial charge in [0.25, 0.3) is 5.91 Å². The highest BCUT2D eigenvalue weighted by atomic mass is 79.9. The van der Waals surface area contributed by atoms with E-state index in [0.717, 1.165) is 36.0 Å². The molecule has 0 bridgehead atoms. The van der Waals surface area contributed by atoms with Gasteiger partial charge in [-0.2, -0.15) is 0 Å². The Kier molecular flexibility index (Phi) is 4.32.